The molecule has 0 saturated heterocycles. The molecule has 3 heteroatoms. The molecule has 128 valence electrons. The summed E-state index contributed by atoms with van der Waals surface area (Å²) in [6, 6.07) is 24.2. The summed E-state index contributed by atoms with van der Waals surface area (Å²) in [6.45, 7) is 0.237. The molecule has 0 atom stereocenters. The Morgan fingerprint density at radius 3 is 1.85 bits per heavy atom. The molecule has 0 radical (unpaired) electrons. The van der Waals surface area contributed by atoms with E-state index in [9.17, 15) is 4.79 Å². The molecule has 1 N–H and O–H groups in total. The second kappa shape index (κ2) is 6.98. The summed E-state index contributed by atoms with van der Waals surface area (Å²) in [5.74, 6) is -0.258. The van der Waals surface area contributed by atoms with Crippen molar-refractivity contribution in [1.29, 1.82) is 0 Å². The Balaban J connectivity index is 1.74. The summed E-state index contributed by atoms with van der Waals surface area (Å²) in [5.41, 5.74) is 6.31. The number of nitrogens with zero attached hydrogens (tertiary/aromatic N) is 1. The van der Waals surface area contributed by atoms with Crippen molar-refractivity contribution < 1.29 is 9.90 Å². The van der Waals surface area contributed by atoms with Crippen molar-refractivity contribution >= 4 is 29.3 Å². The summed E-state index contributed by atoms with van der Waals surface area (Å²) in [6.07, 6.45) is 4.30. The minimum absolute atomic E-state index is 0.258. The van der Waals surface area contributed by atoms with Gasteiger partial charge < -0.3 is 10.0 Å². The molecule has 0 amide bonds. The monoisotopic (exact) mass is 341 g/mol. The van der Waals surface area contributed by atoms with E-state index in [-0.39, 0.29) is 5.78 Å². The van der Waals surface area contributed by atoms with Gasteiger partial charge in [-0.2, -0.15) is 0 Å². The normalized spacial score (nSPS) is 12.3. The van der Waals surface area contributed by atoms with E-state index in [1.54, 1.807) is 12.1 Å². The van der Waals surface area contributed by atoms with Crippen molar-refractivity contribution in [2.45, 2.75) is 6.54 Å². The number of aliphatic hydroxyl groups is 1. The summed E-state index contributed by atoms with van der Waals surface area (Å²) in [4.78, 5) is 13.9. The Kier molecular flexibility index (Phi) is 4.38. The number of aliphatic hydroxyl groups excluding tert-OH is 1. The summed E-state index contributed by atoms with van der Waals surface area (Å²) in [5, 5.41) is 9.00. The van der Waals surface area contributed by atoms with Crippen LogP contribution in [-0.2, 0) is 6.54 Å². The molecule has 4 rings (SSSR count). The molecule has 0 aromatic heterocycles. The fourth-order valence-electron chi connectivity index (χ4n) is 3.30. The molecule has 1 aliphatic heterocycles. The second-order valence-corrected chi connectivity index (χ2v) is 6.32. The fourth-order valence-corrected chi connectivity index (χ4v) is 3.30. The van der Waals surface area contributed by atoms with E-state index in [4.69, 9.17) is 5.11 Å². The third kappa shape index (κ3) is 3.05. The van der Waals surface area contributed by atoms with Gasteiger partial charge in [0.2, 0.25) is 0 Å². The molecule has 0 fully saturated rings. The zero-order chi connectivity index (χ0) is 17.9. The number of Topliss-reactive ketones (excluding diaryl/α,β-unsaturated/α-hetero) is 1. The number of hydrogen-bond donors (Lipinski definition) is 1. The molecule has 0 saturated carbocycles. The van der Waals surface area contributed by atoms with Crippen LogP contribution in [0.15, 0.2) is 72.8 Å². The maximum atomic E-state index is 11.6. The van der Waals surface area contributed by atoms with Gasteiger partial charge in [0.1, 0.15) is 6.61 Å². The molecule has 3 aromatic carbocycles. The molecule has 3 aromatic rings. The van der Waals surface area contributed by atoms with Crippen LogP contribution in [0.1, 0.15) is 27.0 Å². The molecular weight excluding hydrogens is 322 g/mol. The van der Waals surface area contributed by atoms with Crippen LogP contribution in [-0.4, -0.2) is 17.5 Å². The smallest absolute Gasteiger partial charge is 0.188 e. The number of para-hydroxylation sites is 2. The SMILES string of the molecule is O=C(CO)c1ccc(CN2c3ccccc3C=Cc3ccccc32)cc1. The van der Waals surface area contributed by atoms with Crippen molar-refractivity contribution in [3.05, 3.63) is 95.1 Å². The van der Waals surface area contributed by atoms with Crippen LogP contribution in [0.3, 0.4) is 0 Å². The molecule has 0 aliphatic carbocycles. The molecular formula is C23H19NO2. The van der Waals surface area contributed by atoms with E-state index < -0.39 is 6.61 Å². The van der Waals surface area contributed by atoms with Gasteiger partial charge in [-0.25, -0.2) is 0 Å². The predicted molar refractivity (Wildman–Crippen MR) is 106 cm³/mol. The van der Waals surface area contributed by atoms with E-state index in [1.165, 1.54) is 11.1 Å². The lowest BCUT2D eigenvalue weighted by atomic mass is 10.1. The van der Waals surface area contributed by atoms with Gasteiger partial charge in [-0.1, -0.05) is 72.8 Å². The van der Waals surface area contributed by atoms with E-state index in [0.29, 0.717) is 12.1 Å². The molecule has 26 heavy (non-hydrogen) atoms. The van der Waals surface area contributed by atoms with Crippen molar-refractivity contribution in [3.8, 4) is 0 Å². The van der Waals surface area contributed by atoms with E-state index in [0.717, 1.165) is 16.9 Å². The summed E-state index contributed by atoms with van der Waals surface area (Å²) < 4.78 is 0. The van der Waals surface area contributed by atoms with E-state index in [1.807, 2.05) is 24.3 Å². The third-order valence-corrected chi connectivity index (χ3v) is 4.66. The summed E-state index contributed by atoms with van der Waals surface area (Å²) in [7, 11) is 0. The predicted octanol–water partition coefficient (Wildman–Crippen LogP) is 4.68. The Hall–Kier alpha value is -3.17. The molecule has 1 heterocycles. The van der Waals surface area contributed by atoms with Gasteiger partial charge in [-0.3, -0.25) is 4.79 Å². The van der Waals surface area contributed by atoms with Gasteiger partial charge in [0.15, 0.2) is 5.78 Å². The molecule has 0 unspecified atom stereocenters. The largest absolute Gasteiger partial charge is 0.388 e. The molecule has 0 bridgehead atoms. The van der Waals surface area contributed by atoms with Crippen LogP contribution in [0.5, 0.6) is 0 Å². The third-order valence-electron chi connectivity index (χ3n) is 4.66. The maximum Gasteiger partial charge on any atom is 0.188 e. The standard InChI is InChI=1S/C23H19NO2/c25-16-23(26)20-11-9-17(10-12-20)15-24-21-7-3-1-5-18(21)13-14-19-6-2-4-8-22(19)24/h1-14,25H,15-16H2. The van der Waals surface area contributed by atoms with E-state index >= 15 is 0 Å². The maximum absolute atomic E-state index is 11.6. The highest BCUT2D eigenvalue weighted by molar-refractivity contribution is 5.97. The van der Waals surface area contributed by atoms with Gasteiger partial charge in [0, 0.05) is 23.5 Å². The lowest BCUT2D eigenvalue weighted by Gasteiger charge is -2.27. The van der Waals surface area contributed by atoms with Crippen LogP contribution < -0.4 is 4.90 Å². The number of rotatable bonds is 4. The number of carbonyl (C=O) groups is 1. The first-order valence-electron chi connectivity index (χ1n) is 8.63. The van der Waals surface area contributed by atoms with Gasteiger partial charge in [0.05, 0.1) is 0 Å². The fraction of sp³-hybridized carbons (Fsp3) is 0.0870. The van der Waals surface area contributed by atoms with Gasteiger partial charge >= 0.3 is 0 Å². The van der Waals surface area contributed by atoms with Crippen molar-refractivity contribution in [2.24, 2.45) is 0 Å². The highest BCUT2D eigenvalue weighted by Gasteiger charge is 2.17. The zero-order valence-electron chi connectivity index (χ0n) is 14.3. The highest BCUT2D eigenvalue weighted by Crippen LogP contribution is 2.37. The molecule has 3 nitrogen and oxygen atoms in total. The summed E-state index contributed by atoms with van der Waals surface area (Å²) >= 11 is 0. The number of anilines is 2. The quantitative estimate of drug-likeness (QED) is 0.700. The van der Waals surface area contributed by atoms with E-state index in [2.05, 4.69) is 53.5 Å². The number of fused-ring (bicyclic) bond motifs is 2. The number of benzene rings is 3. The average molecular weight is 341 g/mol. The Labute approximate surface area is 152 Å². The minimum atomic E-state index is -0.460. The van der Waals surface area contributed by atoms with Crippen molar-refractivity contribution in [1.82, 2.24) is 0 Å². The first kappa shape index (κ1) is 16.3. The van der Waals surface area contributed by atoms with Crippen LogP contribution in [0.2, 0.25) is 0 Å². The number of carbonyl (C=O) groups excluding carboxylic acids is 1. The lowest BCUT2D eigenvalue weighted by molar-refractivity contribution is 0.0903. The minimum Gasteiger partial charge on any atom is -0.388 e. The number of hydrogen-bond acceptors (Lipinski definition) is 3. The van der Waals surface area contributed by atoms with Crippen molar-refractivity contribution in [2.75, 3.05) is 11.5 Å². The highest BCUT2D eigenvalue weighted by atomic mass is 16.3. The van der Waals surface area contributed by atoms with Crippen LogP contribution in [0, 0.1) is 0 Å². The Bertz CT molecular complexity index is 924. The zero-order valence-corrected chi connectivity index (χ0v) is 14.3. The van der Waals surface area contributed by atoms with Gasteiger partial charge in [-0.15, -0.1) is 0 Å². The lowest BCUT2D eigenvalue weighted by Crippen LogP contribution is -2.18. The van der Waals surface area contributed by atoms with Crippen LogP contribution >= 0.6 is 0 Å². The van der Waals surface area contributed by atoms with Crippen LogP contribution in [0.25, 0.3) is 12.2 Å². The van der Waals surface area contributed by atoms with Crippen LogP contribution in [0.4, 0.5) is 11.4 Å². The average Bonchev–Trinajstić information content (AvgIpc) is 2.86. The first-order chi connectivity index (χ1) is 12.8. The first-order valence-corrected chi connectivity index (χ1v) is 8.63. The topological polar surface area (TPSA) is 40.5 Å². The Morgan fingerprint density at radius 2 is 1.31 bits per heavy atom. The Morgan fingerprint density at radius 1 is 0.769 bits per heavy atom. The van der Waals surface area contributed by atoms with Crippen molar-refractivity contribution in [3.63, 3.8) is 0 Å². The molecule has 1 aliphatic rings. The van der Waals surface area contributed by atoms with Gasteiger partial charge in [-0.05, 0) is 28.8 Å². The molecule has 0 spiro atoms. The van der Waals surface area contributed by atoms with Gasteiger partial charge in [0.25, 0.3) is 0 Å². The second-order valence-electron chi connectivity index (χ2n) is 6.32. The number of ketones is 1.